The minimum Gasteiger partial charge on any atom is -0.367 e. The summed E-state index contributed by atoms with van der Waals surface area (Å²) in [6, 6.07) is 16.4. The third-order valence-electron chi connectivity index (χ3n) is 5.67. The molecule has 3 aromatic rings. The zero-order valence-corrected chi connectivity index (χ0v) is 18.1. The summed E-state index contributed by atoms with van der Waals surface area (Å²) in [4.78, 5) is 18.3. The largest absolute Gasteiger partial charge is 0.367 e. The van der Waals surface area contributed by atoms with Crippen molar-refractivity contribution in [3.63, 3.8) is 0 Å². The van der Waals surface area contributed by atoms with Crippen molar-refractivity contribution in [2.24, 2.45) is 0 Å². The van der Waals surface area contributed by atoms with Crippen LogP contribution in [0.25, 0.3) is 0 Å². The van der Waals surface area contributed by atoms with Crippen LogP contribution in [0.2, 0.25) is 0 Å². The van der Waals surface area contributed by atoms with Crippen LogP contribution in [0.4, 0.5) is 14.5 Å². The number of carbonyl (C=O) groups excluding carboxylic acids is 1. The highest BCUT2D eigenvalue weighted by atomic mass is 32.1. The molecule has 0 aliphatic carbocycles. The average molecular weight is 442 g/mol. The first-order valence-corrected chi connectivity index (χ1v) is 11.2. The number of carbonyl (C=O) groups is 1. The van der Waals surface area contributed by atoms with Gasteiger partial charge in [0.2, 0.25) is 0 Å². The SMILES string of the molecule is C[C@@H](NC(=O)c1ccc(F)cc1)[C@H](c1cccs1)N1CCN(c2ccccc2F)CC1. The van der Waals surface area contributed by atoms with Crippen molar-refractivity contribution < 1.29 is 13.6 Å². The van der Waals surface area contributed by atoms with Crippen LogP contribution in [0, 0.1) is 11.6 Å². The second-order valence-electron chi connectivity index (χ2n) is 7.70. The smallest absolute Gasteiger partial charge is 0.251 e. The van der Waals surface area contributed by atoms with E-state index in [1.165, 1.54) is 35.2 Å². The predicted molar refractivity (Wildman–Crippen MR) is 121 cm³/mol. The Labute approximate surface area is 185 Å². The highest BCUT2D eigenvalue weighted by Gasteiger charge is 2.31. The number of piperazine rings is 1. The zero-order valence-electron chi connectivity index (χ0n) is 17.3. The van der Waals surface area contributed by atoms with Gasteiger partial charge < -0.3 is 10.2 Å². The number of halogens is 2. The Balaban J connectivity index is 1.47. The fourth-order valence-corrected chi connectivity index (χ4v) is 5.09. The van der Waals surface area contributed by atoms with E-state index in [4.69, 9.17) is 0 Å². The quantitative estimate of drug-likeness (QED) is 0.602. The lowest BCUT2D eigenvalue weighted by Crippen LogP contribution is -2.52. The molecule has 2 heterocycles. The van der Waals surface area contributed by atoms with Gasteiger partial charge in [-0.25, -0.2) is 8.78 Å². The molecule has 1 aliphatic rings. The number of hydrogen-bond acceptors (Lipinski definition) is 4. The maximum atomic E-state index is 14.2. The molecule has 1 fully saturated rings. The highest BCUT2D eigenvalue weighted by molar-refractivity contribution is 7.10. The molecule has 1 N–H and O–H groups in total. The molecule has 1 aliphatic heterocycles. The van der Waals surface area contributed by atoms with Gasteiger partial charge in [0.1, 0.15) is 11.6 Å². The van der Waals surface area contributed by atoms with Crippen molar-refractivity contribution in [3.05, 3.63) is 88.1 Å². The van der Waals surface area contributed by atoms with E-state index in [1.54, 1.807) is 17.4 Å². The van der Waals surface area contributed by atoms with Crippen LogP contribution >= 0.6 is 11.3 Å². The first-order valence-electron chi connectivity index (χ1n) is 10.4. The first-order chi connectivity index (χ1) is 15.0. The molecular formula is C24H25F2N3OS. The molecule has 162 valence electrons. The molecule has 0 radical (unpaired) electrons. The molecule has 1 amide bonds. The van der Waals surface area contributed by atoms with Crippen LogP contribution in [0.1, 0.15) is 28.2 Å². The van der Waals surface area contributed by atoms with Gasteiger partial charge in [-0.05, 0) is 54.8 Å². The number of nitrogens with one attached hydrogen (secondary N) is 1. The summed E-state index contributed by atoms with van der Waals surface area (Å²) in [6.07, 6.45) is 0. The number of nitrogens with zero attached hydrogens (tertiary/aromatic N) is 2. The fourth-order valence-electron chi connectivity index (χ4n) is 4.12. The van der Waals surface area contributed by atoms with E-state index in [9.17, 15) is 13.6 Å². The third-order valence-corrected chi connectivity index (χ3v) is 6.62. The van der Waals surface area contributed by atoms with Gasteiger partial charge in [0.05, 0.1) is 11.7 Å². The predicted octanol–water partition coefficient (Wildman–Crippen LogP) is 4.71. The Morgan fingerprint density at radius 3 is 2.32 bits per heavy atom. The minimum absolute atomic E-state index is 0.00664. The van der Waals surface area contributed by atoms with Crippen molar-refractivity contribution in [3.8, 4) is 0 Å². The number of amides is 1. The normalized spacial score (nSPS) is 16.7. The molecule has 4 nitrogen and oxygen atoms in total. The van der Waals surface area contributed by atoms with Gasteiger partial charge in [0, 0.05) is 42.7 Å². The van der Waals surface area contributed by atoms with E-state index >= 15 is 0 Å². The lowest BCUT2D eigenvalue weighted by Gasteiger charge is -2.42. The number of anilines is 1. The fraction of sp³-hybridized carbons (Fsp3) is 0.292. The molecule has 0 unspecified atom stereocenters. The lowest BCUT2D eigenvalue weighted by molar-refractivity contribution is 0.0890. The van der Waals surface area contributed by atoms with E-state index in [0.717, 1.165) is 13.1 Å². The van der Waals surface area contributed by atoms with Gasteiger partial charge in [-0.3, -0.25) is 9.69 Å². The third kappa shape index (κ3) is 4.94. The molecule has 1 aromatic heterocycles. The summed E-state index contributed by atoms with van der Waals surface area (Å²) < 4.78 is 27.4. The van der Waals surface area contributed by atoms with E-state index in [2.05, 4.69) is 21.2 Å². The zero-order chi connectivity index (χ0) is 21.8. The maximum absolute atomic E-state index is 14.2. The summed E-state index contributed by atoms with van der Waals surface area (Å²) in [5, 5.41) is 5.12. The van der Waals surface area contributed by atoms with Crippen molar-refractivity contribution in [2.45, 2.75) is 19.0 Å². The van der Waals surface area contributed by atoms with E-state index < -0.39 is 0 Å². The second-order valence-corrected chi connectivity index (χ2v) is 8.68. The molecule has 0 bridgehead atoms. The maximum Gasteiger partial charge on any atom is 0.251 e. The van der Waals surface area contributed by atoms with Gasteiger partial charge in [-0.1, -0.05) is 18.2 Å². The Bertz CT molecular complexity index is 1000. The summed E-state index contributed by atoms with van der Waals surface area (Å²) in [5.74, 6) is -0.793. The minimum atomic E-state index is -0.367. The van der Waals surface area contributed by atoms with Crippen molar-refractivity contribution in [1.82, 2.24) is 10.2 Å². The molecule has 2 atom stereocenters. The molecule has 0 saturated carbocycles. The summed E-state index contributed by atoms with van der Waals surface area (Å²) >= 11 is 1.66. The van der Waals surface area contributed by atoms with Gasteiger partial charge >= 0.3 is 0 Å². The topological polar surface area (TPSA) is 35.6 Å². The summed E-state index contributed by atoms with van der Waals surface area (Å²) in [6.45, 7) is 4.93. The second kappa shape index (κ2) is 9.58. The molecule has 2 aromatic carbocycles. The number of hydrogen-bond donors (Lipinski definition) is 1. The van der Waals surface area contributed by atoms with Crippen LogP contribution in [0.15, 0.2) is 66.0 Å². The molecular weight excluding hydrogens is 416 g/mol. The average Bonchev–Trinajstić information content (AvgIpc) is 3.29. The Morgan fingerprint density at radius 1 is 0.968 bits per heavy atom. The molecule has 0 spiro atoms. The summed E-state index contributed by atoms with van der Waals surface area (Å²) in [5.41, 5.74) is 1.06. The number of rotatable bonds is 6. The molecule has 7 heteroatoms. The lowest BCUT2D eigenvalue weighted by atomic mass is 10.0. The van der Waals surface area contributed by atoms with E-state index in [-0.39, 0.29) is 29.6 Å². The number of benzene rings is 2. The van der Waals surface area contributed by atoms with E-state index in [0.29, 0.717) is 24.3 Å². The standard InChI is InChI=1S/C24H25F2N3OS/c1-17(27-24(30)18-8-10-19(25)11-9-18)23(22-7-4-16-31-22)29-14-12-28(13-15-29)21-6-3-2-5-20(21)26/h2-11,16-17,23H,12-15H2,1H3,(H,27,30)/t17-,23-/m1/s1. The van der Waals surface area contributed by atoms with Gasteiger partial charge in [-0.2, -0.15) is 0 Å². The molecule has 1 saturated heterocycles. The monoisotopic (exact) mass is 441 g/mol. The Morgan fingerprint density at radius 2 is 1.68 bits per heavy atom. The van der Waals surface area contributed by atoms with Crippen molar-refractivity contribution >= 4 is 22.9 Å². The molecule has 4 rings (SSSR count). The Kier molecular flexibility index (Phi) is 6.63. The van der Waals surface area contributed by atoms with Crippen LogP contribution in [-0.4, -0.2) is 43.0 Å². The summed E-state index contributed by atoms with van der Waals surface area (Å²) in [7, 11) is 0. The number of para-hydroxylation sites is 1. The van der Waals surface area contributed by atoms with Crippen molar-refractivity contribution in [1.29, 1.82) is 0 Å². The van der Waals surface area contributed by atoms with Crippen LogP contribution in [0.5, 0.6) is 0 Å². The first kappa shape index (κ1) is 21.5. The van der Waals surface area contributed by atoms with Gasteiger partial charge in [0.25, 0.3) is 5.91 Å². The van der Waals surface area contributed by atoms with Crippen LogP contribution < -0.4 is 10.2 Å². The van der Waals surface area contributed by atoms with Crippen molar-refractivity contribution in [2.75, 3.05) is 31.1 Å². The van der Waals surface area contributed by atoms with Crippen LogP contribution in [-0.2, 0) is 0 Å². The van der Waals surface area contributed by atoms with Gasteiger partial charge in [0.15, 0.2) is 0 Å². The highest BCUT2D eigenvalue weighted by Crippen LogP contribution is 2.30. The van der Waals surface area contributed by atoms with E-state index in [1.807, 2.05) is 30.5 Å². The Hall–Kier alpha value is -2.77. The number of thiophene rings is 1. The van der Waals surface area contributed by atoms with Gasteiger partial charge in [-0.15, -0.1) is 11.3 Å². The van der Waals surface area contributed by atoms with Crippen LogP contribution in [0.3, 0.4) is 0 Å². The molecule has 31 heavy (non-hydrogen) atoms.